The molecular formula is C7H14N4O. The Hall–Kier alpha value is -1.23. The Labute approximate surface area is 71.6 Å². The van der Waals surface area contributed by atoms with Gasteiger partial charge < -0.3 is 15.9 Å². The van der Waals surface area contributed by atoms with E-state index in [-0.39, 0.29) is 24.2 Å². The van der Waals surface area contributed by atoms with Crippen molar-refractivity contribution >= 4 is 17.9 Å². The molecule has 0 aliphatic carbocycles. The zero-order chi connectivity index (χ0) is 9.56. The van der Waals surface area contributed by atoms with E-state index in [0.717, 1.165) is 6.21 Å². The Morgan fingerprint density at radius 2 is 2.33 bits per heavy atom. The Morgan fingerprint density at radius 3 is 2.75 bits per heavy atom. The van der Waals surface area contributed by atoms with E-state index in [2.05, 4.69) is 4.99 Å². The molecule has 0 spiro atoms. The summed E-state index contributed by atoms with van der Waals surface area (Å²) in [6.45, 7) is 1.92. The molecule has 0 amide bonds. The molecule has 0 aromatic carbocycles. The number of aliphatic imine (C=N–C) groups is 1. The Kier molecular flexibility index (Phi) is 4.87. The van der Waals surface area contributed by atoms with Gasteiger partial charge in [0.2, 0.25) is 0 Å². The molecule has 68 valence electrons. The first kappa shape index (κ1) is 10.8. The van der Waals surface area contributed by atoms with Crippen LogP contribution in [0.5, 0.6) is 0 Å². The maximum atomic E-state index is 7.33. The van der Waals surface area contributed by atoms with Crippen LogP contribution in [0.25, 0.3) is 0 Å². The molecule has 0 bridgehead atoms. The molecule has 5 heteroatoms. The molecule has 0 fully saturated rings. The lowest BCUT2D eigenvalue weighted by Gasteiger charge is -2.03. The second kappa shape index (κ2) is 5.42. The van der Waals surface area contributed by atoms with Gasteiger partial charge in [0, 0.05) is 13.3 Å². The van der Waals surface area contributed by atoms with Crippen LogP contribution in [0, 0.1) is 16.7 Å². The summed E-state index contributed by atoms with van der Waals surface area (Å²) in [5.74, 6) is 0.0520. The molecule has 1 unspecified atom stereocenters. The summed E-state index contributed by atoms with van der Waals surface area (Å²) < 4.78 is 4.71. The van der Waals surface area contributed by atoms with Crippen molar-refractivity contribution < 1.29 is 4.74 Å². The smallest absolute Gasteiger partial charge is 0.130 e. The first-order chi connectivity index (χ1) is 5.61. The highest BCUT2D eigenvalue weighted by Gasteiger charge is 2.03. The monoisotopic (exact) mass is 170 g/mol. The second-order valence-electron chi connectivity index (χ2n) is 2.38. The Morgan fingerprint density at radius 1 is 1.75 bits per heavy atom. The Bertz CT molecular complexity index is 200. The number of nitrogens with zero attached hydrogens (tertiary/aromatic N) is 1. The van der Waals surface area contributed by atoms with Crippen molar-refractivity contribution in [1.82, 2.24) is 0 Å². The fourth-order valence-electron chi connectivity index (χ4n) is 0.516. The lowest BCUT2D eigenvalue weighted by molar-refractivity contribution is 0.244. The average Bonchev–Trinajstić information content (AvgIpc) is 2.03. The van der Waals surface area contributed by atoms with Crippen LogP contribution in [0.1, 0.15) is 6.92 Å². The molecule has 0 saturated heterocycles. The van der Waals surface area contributed by atoms with Gasteiger partial charge in [0.05, 0.1) is 5.92 Å². The zero-order valence-electron chi connectivity index (χ0n) is 7.29. The van der Waals surface area contributed by atoms with Gasteiger partial charge in [0.15, 0.2) is 0 Å². The number of nitrogens with two attached hydrogens (primary N) is 1. The first-order valence-electron chi connectivity index (χ1n) is 3.52. The average molecular weight is 170 g/mol. The van der Waals surface area contributed by atoms with Crippen LogP contribution in [-0.4, -0.2) is 31.6 Å². The van der Waals surface area contributed by atoms with Crippen LogP contribution in [0.2, 0.25) is 0 Å². The molecular weight excluding hydrogens is 156 g/mol. The largest absolute Gasteiger partial charge is 0.385 e. The minimum atomic E-state index is -0.291. The molecule has 5 nitrogen and oxygen atoms in total. The molecule has 0 rings (SSSR count). The molecule has 0 radical (unpaired) electrons. The van der Waals surface area contributed by atoms with E-state index < -0.39 is 0 Å². The lowest BCUT2D eigenvalue weighted by atomic mass is 10.2. The first-order valence-corrected chi connectivity index (χ1v) is 3.52. The number of nitrogens with one attached hydrogen (secondary N) is 2. The number of rotatable bonds is 4. The van der Waals surface area contributed by atoms with E-state index in [1.165, 1.54) is 7.11 Å². The van der Waals surface area contributed by atoms with Gasteiger partial charge in [-0.2, -0.15) is 0 Å². The van der Waals surface area contributed by atoms with Gasteiger partial charge in [0.25, 0.3) is 0 Å². The molecule has 1 atom stereocenters. The quantitative estimate of drug-likeness (QED) is 0.416. The van der Waals surface area contributed by atoms with E-state index in [4.69, 9.17) is 21.3 Å². The summed E-state index contributed by atoms with van der Waals surface area (Å²) in [5.41, 5.74) is 5.39. The summed E-state index contributed by atoms with van der Waals surface area (Å²) in [6.07, 6.45) is 1.14. The van der Waals surface area contributed by atoms with E-state index in [0.29, 0.717) is 0 Å². The number of ether oxygens (including phenoxy) is 1. The van der Waals surface area contributed by atoms with Gasteiger partial charge in [0.1, 0.15) is 18.3 Å². The molecule has 0 aliphatic rings. The summed E-state index contributed by atoms with van der Waals surface area (Å²) in [4.78, 5) is 3.74. The van der Waals surface area contributed by atoms with Crippen molar-refractivity contribution in [1.29, 1.82) is 10.8 Å². The molecule has 12 heavy (non-hydrogen) atoms. The van der Waals surface area contributed by atoms with Gasteiger partial charge in [-0.1, -0.05) is 6.92 Å². The van der Waals surface area contributed by atoms with Gasteiger partial charge in [-0.25, -0.2) is 4.99 Å². The number of hydrogen-bond acceptors (Lipinski definition) is 3. The molecule has 0 saturated carbocycles. The highest BCUT2D eigenvalue weighted by atomic mass is 16.5. The van der Waals surface area contributed by atoms with Gasteiger partial charge in [-0.3, -0.25) is 5.41 Å². The van der Waals surface area contributed by atoms with Gasteiger partial charge >= 0.3 is 0 Å². The topological polar surface area (TPSA) is 95.3 Å². The minimum absolute atomic E-state index is 0.0829. The van der Waals surface area contributed by atoms with Gasteiger partial charge in [-0.05, 0) is 0 Å². The van der Waals surface area contributed by atoms with E-state index in [9.17, 15) is 0 Å². The molecule has 0 aromatic rings. The maximum absolute atomic E-state index is 7.33. The fraction of sp³-hybridized carbons (Fsp3) is 0.571. The van der Waals surface area contributed by atoms with Crippen molar-refractivity contribution in [2.45, 2.75) is 6.92 Å². The summed E-state index contributed by atoms with van der Waals surface area (Å²) in [7, 11) is 1.51. The number of hydrogen-bond donors (Lipinski definition) is 3. The van der Waals surface area contributed by atoms with E-state index in [1.807, 2.05) is 0 Å². The third-order valence-electron chi connectivity index (χ3n) is 1.24. The summed E-state index contributed by atoms with van der Waals surface area (Å²) in [6, 6.07) is 0. The van der Waals surface area contributed by atoms with Crippen LogP contribution in [-0.2, 0) is 4.74 Å². The predicted octanol–water partition coefficient (Wildman–Crippen LogP) is 0.253. The minimum Gasteiger partial charge on any atom is -0.385 e. The van der Waals surface area contributed by atoms with Crippen molar-refractivity contribution in [3.63, 3.8) is 0 Å². The van der Waals surface area contributed by atoms with E-state index in [1.54, 1.807) is 6.92 Å². The summed E-state index contributed by atoms with van der Waals surface area (Å²) in [5, 5.41) is 14.2. The Balaban J connectivity index is 4.13. The van der Waals surface area contributed by atoms with Gasteiger partial charge in [-0.15, -0.1) is 0 Å². The van der Waals surface area contributed by atoms with Crippen molar-refractivity contribution in [2.75, 3.05) is 13.7 Å². The predicted molar refractivity (Wildman–Crippen MR) is 49.2 cm³/mol. The highest BCUT2D eigenvalue weighted by Crippen LogP contribution is 1.93. The van der Waals surface area contributed by atoms with Crippen LogP contribution >= 0.6 is 0 Å². The van der Waals surface area contributed by atoms with Crippen LogP contribution in [0.4, 0.5) is 0 Å². The molecule has 0 aromatic heterocycles. The summed E-state index contributed by atoms with van der Waals surface area (Å²) >= 11 is 0. The normalized spacial score (nSPS) is 14.0. The molecule has 0 heterocycles. The van der Waals surface area contributed by atoms with Crippen molar-refractivity contribution in [2.24, 2.45) is 16.6 Å². The van der Waals surface area contributed by atoms with Crippen LogP contribution < -0.4 is 5.73 Å². The second-order valence-corrected chi connectivity index (χ2v) is 2.38. The maximum Gasteiger partial charge on any atom is 0.130 e. The van der Waals surface area contributed by atoms with Crippen molar-refractivity contribution in [3.05, 3.63) is 0 Å². The fourth-order valence-corrected chi connectivity index (χ4v) is 0.516. The third-order valence-corrected chi connectivity index (χ3v) is 1.24. The van der Waals surface area contributed by atoms with Crippen LogP contribution in [0.15, 0.2) is 4.99 Å². The lowest BCUT2D eigenvalue weighted by Crippen LogP contribution is -2.21. The van der Waals surface area contributed by atoms with E-state index >= 15 is 0 Å². The van der Waals surface area contributed by atoms with Crippen molar-refractivity contribution in [3.8, 4) is 0 Å². The zero-order valence-corrected chi connectivity index (χ0v) is 7.29. The van der Waals surface area contributed by atoms with Crippen LogP contribution in [0.3, 0.4) is 0 Å². The number of amidine groups is 2. The number of methoxy groups -OCH3 is 1. The highest BCUT2D eigenvalue weighted by molar-refractivity contribution is 6.01. The molecule has 0 aliphatic heterocycles. The molecule has 4 N–H and O–H groups in total. The SMILES string of the molecule is COCC(N)=NC(=N)C(C)C=N. The standard InChI is InChI=1S/C7H14N4O/c1-5(3-8)7(10)11-6(9)4-12-2/h3,5,8H,4H2,1-2H3,(H3,9,10,11). The third kappa shape index (κ3) is 3.82.